The van der Waals surface area contributed by atoms with Crippen molar-refractivity contribution in [1.29, 1.82) is 0 Å². The molecule has 1 heteroatoms. The van der Waals surface area contributed by atoms with E-state index in [1.807, 2.05) is 0 Å². The van der Waals surface area contributed by atoms with Gasteiger partial charge in [0.1, 0.15) is 5.78 Å². The van der Waals surface area contributed by atoms with Gasteiger partial charge in [0.2, 0.25) is 0 Å². The predicted molar refractivity (Wildman–Crippen MR) is 51.0 cm³/mol. The third kappa shape index (κ3) is 3.21. The average Bonchev–Trinajstić information content (AvgIpc) is 2.08. The zero-order chi connectivity index (χ0) is 8.81. The molecule has 1 aliphatic carbocycles. The summed E-state index contributed by atoms with van der Waals surface area (Å²) in [5, 5.41) is 0. The van der Waals surface area contributed by atoms with Crippen molar-refractivity contribution in [2.45, 2.75) is 45.4 Å². The summed E-state index contributed by atoms with van der Waals surface area (Å²) >= 11 is 0. The van der Waals surface area contributed by atoms with E-state index < -0.39 is 0 Å². The summed E-state index contributed by atoms with van der Waals surface area (Å²) in [4.78, 5) is 11.4. The standard InChI is InChI=1S/C11H18O/c1-10-8-6-4-2-3-5-7-9-11(10)12/h2-3,10H,4-9H2,1H3/b3-2+. The highest BCUT2D eigenvalue weighted by Crippen LogP contribution is 2.15. The summed E-state index contributed by atoms with van der Waals surface area (Å²) in [5.74, 6) is 0.766. The number of rotatable bonds is 0. The van der Waals surface area contributed by atoms with Crippen molar-refractivity contribution >= 4 is 5.78 Å². The smallest absolute Gasteiger partial charge is 0.135 e. The third-order valence-corrected chi connectivity index (χ3v) is 2.52. The molecule has 1 atom stereocenters. The Balaban J connectivity index is 2.41. The number of Topliss-reactive ketones (excluding diaryl/α,β-unsaturated/α-hetero) is 1. The average molecular weight is 166 g/mol. The molecule has 0 aromatic carbocycles. The van der Waals surface area contributed by atoms with Gasteiger partial charge in [-0.15, -0.1) is 0 Å². The molecule has 12 heavy (non-hydrogen) atoms. The van der Waals surface area contributed by atoms with Gasteiger partial charge in [0.05, 0.1) is 0 Å². The Morgan fingerprint density at radius 3 is 2.67 bits per heavy atom. The Morgan fingerprint density at radius 1 is 1.25 bits per heavy atom. The van der Waals surface area contributed by atoms with Gasteiger partial charge >= 0.3 is 0 Å². The molecule has 0 saturated carbocycles. The second-order valence-corrected chi connectivity index (χ2v) is 3.66. The van der Waals surface area contributed by atoms with Crippen LogP contribution in [-0.2, 0) is 4.79 Å². The van der Waals surface area contributed by atoms with E-state index in [9.17, 15) is 4.79 Å². The van der Waals surface area contributed by atoms with Crippen LogP contribution in [0.25, 0.3) is 0 Å². The van der Waals surface area contributed by atoms with Gasteiger partial charge in [0.25, 0.3) is 0 Å². The molecule has 0 amide bonds. The molecule has 0 saturated heterocycles. The molecule has 1 nitrogen and oxygen atoms in total. The van der Waals surface area contributed by atoms with Crippen LogP contribution in [0.5, 0.6) is 0 Å². The summed E-state index contributed by atoms with van der Waals surface area (Å²) in [7, 11) is 0. The molecule has 0 heterocycles. The Bertz CT molecular complexity index is 170. The van der Waals surface area contributed by atoms with Crippen molar-refractivity contribution in [3.63, 3.8) is 0 Å². The minimum Gasteiger partial charge on any atom is -0.299 e. The van der Waals surface area contributed by atoms with Crippen LogP contribution < -0.4 is 0 Å². The Hall–Kier alpha value is -0.590. The molecule has 0 bridgehead atoms. The van der Waals surface area contributed by atoms with E-state index in [1.54, 1.807) is 0 Å². The predicted octanol–water partition coefficient (Wildman–Crippen LogP) is 3.10. The van der Waals surface area contributed by atoms with Crippen molar-refractivity contribution < 1.29 is 4.79 Å². The zero-order valence-corrected chi connectivity index (χ0v) is 7.88. The van der Waals surface area contributed by atoms with Gasteiger partial charge in [0, 0.05) is 12.3 Å². The second-order valence-electron chi connectivity index (χ2n) is 3.66. The molecule has 1 unspecified atom stereocenters. The zero-order valence-electron chi connectivity index (χ0n) is 7.88. The molecule has 68 valence electrons. The number of allylic oxidation sites excluding steroid dienone is 2. The molecule has 0 N–H and O–H groups in total. The highest BCUT2D eigenvalue weighted by Gasteiger charge is 2.11. The first kappa shape index (κ1) is 9.50. The molecule has 1 rings (SSSR count). The molecular formula is C11H18O. The maximum atomic E-state index is 11.4. The van der Waals surface area contributed by atoms with Crippen LogP contribution >= 0.6 is 0 Å². The molecule has 0 aliphatic heterocycles. The summed E-state index contributed by atoms with van der Waals surface area (Å²) in [6.07, 6.45) is 10.8. The van der Waals surface area contributed by atoms with Crippen molar-refractivity contribution in [2.24, 2.45) is 5.92 Å². The first-order valence-electron chi connectivity index (χ1n) is 4.98. The molecular weight excluding hydrogens is 148 g/mol. The largest absolute Gasteiger partial charge is 0.299 e. The fourth-order valence-corrected chi connectivity index (χ4v) is 1.58. The quantitative estimate of drug-likeness (QED) is 0.505. The number of ketones is 1. The lowest BCUT2D eigenvalue weighted by Gasteiger charge is -2.10. The van der Waals surface area contributed by atoms with Gasteiger partial charge in [-0.25, -0.2) is 0 Å². The van der Waals surface area contributed by atoms with E-state index in [1.165, 1.54) is 6.42 Å². The normalized spacial score (nSPS) is 29.8. The first-order valence-corrected chi connectivity index (χ1v) is 4.98. The van der Waals surface area contributed by atoms with Crippen LogP contribution in [-0.4, -0.2) is 5.78 Å². The van der Waals surface area contributed by atoms with Crippen molar-refractivity contribution in [2.75, 3.05) is 0 Å². The van der Waals surface area contributed by atoms with E-state index in [0.717, 1.165) is 32.1 Å². The highest BCUT2D eigenvalue weighted by molar-refractivity contribution is 5.80. The molecule has 0 fully saturated rings. The summed E-state index contributed by atoms with van der Waals surface area (Å²) in [6.45, 7) is 2.06. The fourth-order valence-electron chi connectivity index (χ4n) is 1.58. The van der Waals surface area contributed by atoms with Gasteiger partial charge in [-0.2, -0.15) is 0 Å². The monoisotopic (exact) mass is 166 g/mol. The third-order valence-electron chi connectivity index (χ3n) is 2.52. The lowest BCUT2D eigenvalue weighted by atomic mass is 9.94. The van der Waals surface area contributed by atoms with Crippen LogP contribution in [0.15, 0.2) is 12.2 Å². The van der Waals surface area contributed by atoms with Gasteiger partial charge in [-0.05, 0) is 32.1 Å². The highest BCUT2D eigenvalue weighted by atomic mass is 16.1. The molecule has 0 radical (unpaired) electrons. The van der Waals surface area contributed by atoms with Crippen LogP contribution in [0.1, 0.15) is 45.4 Å². The Morgan fingerprint density at radius 2 is 1.92 bits per heavy atom. The van der Waals surface area contributed by atoms with Gasteiger partial charge in [0.15, 0.2) is 0 Å². The minimum absolute atomic E-state index is 0.302. The van der Waals surface area contributed by atoms with Gasteiger partial charge in [-0.3, -0.25) is 4.79 Å². The lowest BCUT2D eigenvalue weighted by Crippen LogP contribution is -2.10. The van der Waals surface area contributed by atoms with Crippen LogP contribution in [0.2, 0.25) is 0 Å². The lowest BCUT2D eigenvalue weighted by molar-refractivity contribution is -0.122. The topological polar surface area (TPSA) is 17.1 Å². The van der Waals surface area contributed by atoms with E-state index in [-0.39, 0.29) is 0 Å². The van der Waals surface area contributed by atoms with Crippen LogP contribution in [0.3, 0.4) is 0 Å². The van der Waals surface area contributed by atoms with E-state index in [4.69, 9.17) is 0 Å². The Kier molecular flexibility index (Phi) is 4.06. The molecule has 0 aromatic rings. The van der Waals surface area contributed by atoms with Crippen LogP contribution in [0.4, 0.5) is 0 Å². The van der Waals surface area contributed by atoms with Crippen molar-refractivity contribution in [3.05, 3.63) is 12.2 Å². The second kappa shape index (κ2) is 5.13. The van der Waals surface area contributed by atoms with Gasteiger partial charge < -0.3 is 0 Å². The maximum absolute atomic E-state index is 11.4. The number of hydrogen-bond donors (Lipinski definition) is 0. The van der Waals surface area contributed by atoms with E-state index >= 15 is 0 Å². The molecule has 0 spiro atoms. The molecule has 0 aromatic heterocycles. The summed E-state index contributed by atoms with van der Waals surface area (Å²) in [5.41, 5.74) is 0. The van der Waals surface area contributed by atoms with E-state index in [0.29, 0.717) is 11.7 Å². The van der Waals surface area contributed by atoms with Crippen LogP contribution in [0, 0.1) is 5.92 Å². The Labute approximate surface area is 74.9 Å². The number of hydrogen-bond acceptors (Lipinski definition) is 1. The van der Waals surface area contributed by atoms with Crippen molar-refractivity contribution in [1.82, 2.24) is 0 Å². The minimum atomic E-state index is 0.302. The number of carbonyl (C=O) groups is 1. The maximum Gasteiger partial charge on any atom is 0.135 e. The van der Waals surface area contributed by atoms with Crippen molar-refractivity contribution in [3.8, 4) is 0 Å². The molecule has 1 aliphatic rings. The van der Waals surface area contributed by atoms with E-state index in [2.05, 4.69) is 19.1 Å². The fraction of sp³-hybridized carbons (Fsp3) is 0.727. The van der Waals surface area contributed by atoms with Gasteiger partial charge in [-0.1, -0.05) is 19.1 Å². The summed E-state index contributed by atoms with van der Waals surface area (Å²) < 4.78 is 0. The number of carbonyl (C=O) groups excluding carboxylic acids is 1. The SMILES string of the molecule is CC1CCC/C=C/CCCC1=O. The summed E-state index contributed by atoms with van der Waals surface area (Å²) in [6, 6.07) is 0. The first-order chi connectivity index (χ1) is 5.80.